The molecule has 2 aliphatic rings. The Bertz CT molecular complexity index is 1500. The van der Waals surface area contributed by atoms with E-state index in [1.165, 1.54) is 5.56 Å². The molecule has 3 aromatic carbocycles. The van der Waals surface area contributed by atoms with Crippen LogP contribution in [-0.4, -0.2) is 23.1 Å². The van der Waals surface area contributed by atoms with Crippen LogP contribution in [0.25, 0.3) is 11.0 Å². The van der Waals surface area contributed by atoms with Gasteiger partial charge in [0.05, 0.1) is 12.0 Å². The number of carbonyl (C=O) groups is 2. The number of hydrogen-bond acceptors (Lipinski definition) is 4. The molecule has 2 aliphatic heterocycles. The topological polar surface area (TPSA) is 59.8 Å². The maximum atomic E-state index is 13.5. The minimum Gasteiger partial charge on any atom is -0.482 e. The van der Waals surface area contributed by atoms with E-state index in [1.807, 2.05) is 43.0 Å². The molecule has 0 fully saturated rings. The van der Waals surface area contributed by atoms with E-state index in [-0.39, 0.29) is 23.9 Å². The van der Waals surface area contributed by atoms with Gasteiger partial charge in [-0.2, -0.15) is 0 Å². The van der Waals surface area contributed by atoms with Gasteiger partial charge in [-0.15, -0.1) is 0 Å². The average Bonchev–Trinajstić information content (AvgIpc) is 3.19. The van der Waals surface area contributed by atoms with Crippen LogP contribution in [0.4, 0.5) is 0 Å². The van der Waals surface area contributed by atoms with Crippen molar-refractivity contribution >= 4 is 34.3 Å². The molecule has 0 aliphatic carbocycles. The van der Waals surface area contributed by atoms with Crippen molar-refractivity contribution in [3.05, 3.63) is 99.3 Å². The molecule has 0 bridgehead atoms. The molecule has 6 heteroatoms. The van der Waals surface area contributed by atoms with Gasteiger partial charge >= 0.3 is 0 Å². The summed E-state index contributed by atoms with van der Waals surface area (Å²) in [6.07, 6.45) is 0.990. The molecule has 4 aromatic rings. The van der Waals surface area contributed by atoms with Gasteiger partial charge in [0.1, 0.15) is 16.9 Å². The van der Waals surface area contributed by atoms with Crippen LogP contribution in [0, 0.1) is 6.92 Å². The Morgan fingerprint density at radius 1 is 1.03 bits per heavy atom. The zero-order valence-electron chi connectivity index (χ0n) is 19.6. The lowest BCUT2D eigenvalue weighted by Crippen LogP contribution is -2.36. The predicted molar refractivity (Wildman–Crippen MR) is 134 cm³/mol. The lowest BCUT2D eigenvalue weighted by atomic mass is 9.84. The van der Waals surface area contributed by atoms with E-state index in [9.17, 15) is 9.59 Å². The highest BCUT2D eigenvalue weighted by atomic mass is 35.5. The Labute approximate surface area is 208 Å². The van der Waals surface area contributed by atoms with Crippen molar-refractivity contribution in [2.45, 2.75) is 38.8 Å². The summed E-state index contributed by atoms with van der Waals surface area (Å²) in [4.78, 5) is 28.8. The number of halogens is 1. The Morgan fingerprint density at radius 2 is 1.77 bits per heavy atom. The zero-order valence-corrected chi connectivity index (χ0v) is 20.3. The van der Waals surface area contributed by atoms with Crippen LogP contribution in [-0.2, 0) is 18.6 Å². The number of fused-ring (bicyclic) bond motifs is 4. The molecule has 5 nitrogen and oxygen atoms in total. The third-order valence-corrected chi connectivity index (χ3v) is 7.49. The summed E-state index contributed by atoms with van der Waals surface area (Å²) in [5, 5.41) is 1.29. The highest BCUT2D eigenvalue weighted by Gasteiger charge is 2.40. The summed E-state index contributed by atoms with van der Waals surface area (Å²) in [7, 11) is 0. The van der Waals surface area contributed by atoms with Gasteiger partial charge in [-0.25, -0.2) is 0 Å². The van der Waals surface area contributed by atoms with E-state index in [0.717, 1.165) is 17.5 Å². The highest BCUT2D eigenvalue weighted by Crippen LogP contribution is 2.44. The number of nitrogens with zero attached hydrogens (tertiary/aromatic N) is 1. The first-order valence-corrected chi connectivity index (χ1v) is 12.1. The number of amides is 1. The second-order valence-electron chi connectivity index (χ2n) is 9.55. The van der Waals surface area contributed by atoms with E-state index in [4.69, 9.17) is 20.8 Å². The van der Waals surface area contributed by atoms with E-state index in [0.29, 0.717) is 46.0 Å². The maximum Gasteiger partial charge on any atom is 0.290 e. The van der Waals surface area contributed by atoms with Crippen molar-refractivity contribution in [3.8, 4) is 5.75 Å². The molecule has 0 radical (unpaired) electrons. The van der Waals surface area contributed by atoms with Crippen molar-refractivity contribution in [2.75, 3.05) is 6.54 Å². The molecule has 35 heavy (non-hydrogen) atoms. The van der Waals surface area contributed by atoms with Crippen molar-refractivity contribution in [1.29, 1.82) is 0 Å². The number of rotatable bonds is 2. The summed E-state index contributed by atoms with van der Waals surface area (Å²) < 4.78 is 12.5. The van der Waals surface area contributed by atoms with E-state index in [1.54, 1.807) is 24.3 Å². The average molecular weight is 486 g/mol. The van der Waals surface area contributed by atoms with Gasteiger partial charge in [-0.1, -0.05) is 48.0 Å². The van der Waals surface area contributed by atoms with Crippen LogP contribution in [0.15, 0.2) is 65.1 Å². The minimum absolute atomic E-state index is 0.0379. The summed E-state index contributed by atoms with van der Waals surface area (Å²) >= 11 is 6.05. The number of benzene rings is 3. The fourth-order valence-electron chi connectivity index (χ4n) is 5.34. The second-order valence-corrected chi connectivity index (χ2v) is 9.99. The van der Waals surface area contributed by atoms with E-state index in [2.05, 4.69) is 12.1 Å². The maximum absolute atomic E-state index is 13.5. The standard InChI is InChI=1S/C29H24ClNO4/c1-17-25-23(34-27(17)28(33)31-14-13-18-5-3-4-6-19(18)16-31)11-12-24-26(25)22(32)15-29(2,35-24)20-7-9-21(30)10-8-20/h3-12H,13-16H2,1-2H3/t29-/m1/s1. The third kappa shape index (κ3) is 3.53. The number of hydrogen-bond donors (Lipinski definition) is 0. The lowest BCUT2D eigenvalue weighted by molar-refractivity contribution is 0.0507. The molecule has 176 valence electrons. The van der Waals surface area contributed by atoms with Gasteiger partial charge in [0.15, 0.2) is 11.5 Å². The quantitative estimate of drug-likeness (QED) is 0.326. The minimum atomic E-state index is -0.806. The first-order valence-electron chi connectivity index (χ1n) is 11.7. The van der Waals surface area contributed by atoms with E-state index >= 15 is 0 Å². The van der Waals surface area contributed by atoms with Gasteiger partial charge in [-0.05, 0) is 61.2 Å². The molecule has 0 spiro atoms. The molecule has 0 saturated carbocycles. The molecule has 3 heterocycles. The van der Waals surface area contributed by atoms with Crippen LogP contribution < -0.4 is 4.74 Å². The Hall–Kier alpha value is -3.57. The fraction of sp³-hybridized carbons (Fsp3) is 0.241. The highest BCUT2D eigenvalue weighted by molar-refractivity contribution is 6.30. The summed E-state index contributed by atoms with van der Waals surface area (Å²) in [5.41, 5.74) is 4.19. The normalized spacial score (nSPS) is 19.3. The number of ketones is 1. The number of ether oxygens (including phenoxy) is 1. The Kier molecular flexibility index (Phi) is 5.01. The Morgan fingerprint density at radius 3 is 2.54 bits per heavy atom. The van der Waals surface area contributed by atoms with Crippen LogP contribution in [0.3, 0.4) is 0 Å². The summed E-state index contributed by atoms with van der Waals surface area (Å²) in [6, 6.07) is 19.1. The first kappa shape index (κ1) is 21.9. The van der Waals surface area contributed by atoms with Gasteiger partial charge in [-0.3, -0.25) is 9.59 Å². The molecule has 0 unspecified atom stereocenters. The molecular weight excluding hydrogens is 462 g/mol. The smallest absolute Gasteiger partial charge is 0.290 e. The van der Waals surface area contributed by atoms with Crippen LogP contribution in [0.1, 0.15) is 56.5 Å². The van der Waals surface area contributed by atoms with Crippen LogP contribution >= 0.6 is 11.6 Å². The second kappa shape index (κ2) is 7.99. The molecule has 0 N–H and O–H groups in total. The Balaban J connectivity index is 1.37. The molecule has 0 saturated heterocycles. The molecule has 6 rings (SSSR count). The van der Waals surface area contributed by atoms with Gasteiger partial charge in [0.2, 0.25) is 0 Å². The molecule has 1 aromatic heterocycles. The molecule has 1 amide bonds. The first-order chi connectivity index (χ1) is 16.8. The largest absolute Gasteiger partial charge is 0.482 e. The van der Waals surface area contributed by atoms with E-state index < -0.39 is 5.60 Å². The van der Waals surface area contributed by atoms with Crippen LogP contribution in [0.5, 0.6) is 5.75 Å². The molecular formula is C29H24ClNO4. The van der Waals surface area contributed by atoms with Crippen molar-refractivity contribution < 1.29 is 18.7 Å². The monoisotopic (exact) mass is 485 g/mol. The summed E-state index contributed by atoms with van der Waals surface area (Å²) in [5.74, 6) is 0.592. The SMILES string of the molecule is Cc1c(C(=O)N2CCc3ccccc3C2)oc2ccc3c(c12)C(=O)C[C@](C)(c1ccc(Cl)cc1)O3. The number of aryl methyl sites for hydroxylation is 1. The fourth-order valence-corrected chi connectivity index (χ4v) is 5.46. The third-order valence-electron chi connectivity index (χ3n) is 7.24. The number of furan rings is 1. The zero-order chi connectivity index (χ0) is 24.3. The van der Waals surface area contributed by atoms with Crippen molar-refractivity contribution in [2.24, 2.45) is 0 Å². The predicted octanol–water partition coefficient (Wildman–Crippen LogP) is 6.47. The lowest BCUT2D eigenvalue weighted by Gasteiger charge is -2.35. The van der Waals surface area contributed by atoms with Gasteiger partial charge in [0, 0.05) is 29.1 Å². The van der Waals surface area contributed by atoms with Gasteiger partial charge < -0.3 is 14.1 Å². The number of Topliss-reactive ketones (excluding diaryl/α,β-unsaturated/α-hetero) is 1. The molecule has 1 atom stereocenters. The number of carbonyl (C=O) groups excluding carboxylic acids is 2. The van der Waals surface area contributed by atoms with Gasteiger partial charge in [0.25, 0.3) is 5.91 Å². The summed E-state index contributed by atoms with van der Waals surface area (Å²) in [6.45, 7) is 4.93. The van der Waals surface area contributed by atoms with Crippen molar-refractivity contribution in [1.82, 2.24) is 4.90 Å². The van der Waals surface area contributed by atoms with Crippen molar-refractivity contribution in [3.63, 3.8) is 0 Å². The van der Waals surface area contributed by atoms with Crippen LogP contribution in [0.2, 0.25) is 5.02 Å².